The topological polar surface area (TPSA) is 90.9 Å². The van der Waals surface area contributed by atoms with Gasteiger partial charge in [-0.15, -0.1) is 0 Å². The maximum atomic E-state index is 12.3. The van der Waals surface area contributed by atoms with Gasteiger partial charge >= 0.3 is 5.97 Å². The van der Waals surface area contributed by atoms with Crippen LogP contribution in [0.5, 0.6) is 0 Å². The highest BCUT2D eigenvalue weighted by Gasteiger charge is 2.48. The number of carbonyl (C=O) groups is 1. The molecule has 1 saturated heterocycles. The zero-order chi connectivity index (χ0) is 18.7. The van der Waals surface area contributed by atoms with Crippen LogP contribution in [0.4, 0.5) is 0 Å². The number of carbonyl (C=O) groups excluding carboxylic acids is 1. The van der Waals surface area contributed by atoms with Crippen molar-refractivity contribution in [1.29, 1.82) is 0 Å². The molecule has 8 heteroatoms. The van der Waals surface area contributed by atoms with Crippen LogP contribution in [0.25, 0.3) is 0 Å². The normalized spacial score (nSPS) is 17.0. The number of esters is 1. The van der Waals surface area contributed by atoms with Crippen molar-refractivity contribution in [2.45, 2.75) is 43.8 Å². The molecule has 0 amide bonds. The number of ether oxygens (including phenoxy) is 2. The molecule has 1 heterocycles. The van der Waals surface area contributed by atoms with E-state index in [0.717, 1.165) is 5.56 Å². The molecular formula is C17H25NO6S. The Labute approximate surface area is 148 Å². The van der Waals surface area contributed by atoms with Crippen molar-refractivity contribution in [3.05, 3.63) is 29.8 Å². The fraction of sp³-hybridized carbons (Fsp3) is 0.588. The smallest absolute Gasteiger partial charge is 0.341 e. The summed E-state index contributed by atoms with van der Waals surface area (Å²) in [6.07, 6.45) is 0. The van der Waals surface area contributed by atoms with E-state index < -0.39 is 27.3 Å². The van der Waals surface area contributed by atoms with Crippen molar-refractivity contribution in [2.24, 2.45) is 0 Å². The molecule has 0 aliphatic carbocycles. The lowest BCUT2D eigenvalue weighted by Crippen LogP contribution is -2.67. The summed E-state index contributed by atoms with van der Waals surface area (Å²) in [5.74, 6) is -0.458. The molecule has 0 aromatic heterocycles. The van der Waals surface area contributed by atoms with Crippen molar-refractivity contribution in [3.8, 4) is 0 Å². The SMILES string of the molecule is Cc1ccc(S(=O)(=O)OCCOC2(C(=O)OC(C)(C)C)CNC2)cc1. The summed E-state index contributed by atoms with van der Waals surface area (Å²) >= 11 is 0. The predicted molar refractivity (Wildman–Crippen MR) is 91.7 cm³/mol. The third-order valence-electron chi connectivity index (χ3n) is 3.60. The van der Waals surface area contributed by atoms with Gasteiger partial charge in [-0.2, -0.15) is 8.42 Å². The maximum Gasteiger partial charge on any atom is 0.341 e. The molecule has 1 aromatic carbocycles. The molecule has 7 nitrogen and oxygen atoms in total. The molecule has 1 N–H and O–H groups in total. The van der Waals surface area contributed by atoms with Gasteiger partial charge < -0.3 is 14.8 Å². The Balaban J connectivity index is 1.87. The van der Waals surface area contributed by atoms with E-state index in [-0.39, 0.29) is 18.1 Å². The third kappa shape index (κ3) is 5.24. The van der Waals surface area contributed by atoms with Crippen LogP contribution < -0.4 is 5.32 Å². The summed E-state index contributed by atoms with van der Waals surface area (Å²) in [5, 5.41) is 2.97. The Hall–Kier alpha value is -1.48. The maximum absolute atomic E-state index is 12.3. The standard InChI is InChI=1S/C17H25NO6S/c1-13-5-7-14(8-6-13)25(20,21)23-10-9-22-17(11-18-12-17)15(19)24-16(2,3)4/h5-8,18H,9-12H2,1-4H3. The van der Waals surface area contributed by atoms with Gasteiger partial charge in [-0.1, -0.05) is 17.7 Å². The summed E-state index contributed by atoms with van der Waals surface area (Å²) in [5.41, 5.74) is -0.738. The minimum Gasteiger partial charge on any atom is -0.458 e. The van der Waals surface area contributed by atoms with Gasteiger partial charge in [0.1, 0.15) is 5.60 Å². The van der Waals surface area contributed by atoms with Crippen molar-refractivity contribution in [3.63, 3.8) is 0 Å². The Kier molecular flexibility index (Phi) is 5.88. The zero-order valence-electron chi connectivity index (χ0n) is 15.0. The van der Waals surface area contributed by atoms with Crippen LogP contribution >= 0.6 is 0 Å². The highest BCUT2D eigenvalue weighted by Crippen LogP contribution is 2.22. The third-order valence-corrected chi connectivity index (χ3v) is 4.93. The van der Waals surface area contributed by atoms with E-state index in [4.69, 9.17) is 13.7 Å². The fourth-order valence-electron chi connectivity index (χ4n) is 2.18. The molecule has 1 fully saturated rings. The van der Waals surface area contributed by atoms with Crippen molar-refractivity contribution < 1.29 is 26.9 Å². The van der Waals surface area contributed by atoms with Crippen molar-refractivity contribution >= 4 is 16.1 Å². The molecule has 0 spiro atoms. The lowest BCUT2D eigenvalue weighted by atomic mass is 9.96. The van der Waals surface area contributed by atoms with Gasteiger partial charge in [0.2, 0.25) is 0 Å². The van der Waals surface area contributed by atoms with Crippen LogP contribution in [0.3, 0.4) is 0 Å². The van der Waals surface area contributed by atoms with Crippen molar-refractivity contribution in [2.75, 3.05) is 26.3 Å². The van der Waals surface area contributed by atoms with Crippen LogP contribution in [-0.4, -0.2) is 51.9 Å². The van der Waals surface area contributed by atoms with Crippen LogP contribution in [-0.2, 0) is 28.6 Å². The molecule has 25 heavy (non-hydrogen) atoms. The molecule has 0 bridgehead atoms. The van der Waals surface area contributed by atoms with E-state index in [9.17, 15) is 13.2 Å². The van der Waals surface area contributed by atoms with Gasteiger partial charge in [-0.05, 0) is 39.8 Å². The van der Waals surface area contributed by atoms with Gasteiger partial charge in [0.25, 0.3) is 10.1 Å². The van der Waals surface area contributed by atoms with E-state index in [1.54, 1.807) is 32.9 Å². The monoisotopic (exact) mass is 371 g/mol. The lowest BCUT2D eigenvalue weighted by Gasteiger charge is -2.41. The van der Waals surface area contributed by atoms with E-state index in [2.05, 4.69) is 5.32 Å². The van der Waals surface area contributed by atoms with Crippen LogP contribution in [0.2, 0.25) is 0 Å². The van der Waals surface area contributed by atoms with Crippen LogP contribution in [0, 0.1) is 6.92 Å². The molecule has 1 aliphatic heterocycles. The minimum absolute atomic E-state index is 0.0357. The largest absolute Gasteiger partial charge is 0.458 e. The molecule has 0 saturated carbocycles. The summed E-state index contributed by atoms with van der Waals surface area (Å²) in [4.78, 5) is 12.3. The second-order valence-corrected chi connectivity index (χ2v) is 8.65. The number of benzene rings is 1. The van der Waals surface area contributed by atoms with Gasteiger partial charge in [-0.25, -0.2) is 4.79 Å². The molecule has 1 aromatic rings. The average Bonchev–Trinajstić information content (AvgIpc) is 2.44. The molecule has 0 radical (unpaired) electrons. The molecule has 0 unspecified atom stereocenters. The number of aryl methyl sites for hydroxylation is 1. The highest BCUT2D eigenvalue weighted by molar-refractivity contribution is 7.86. The summed E-state index contributed by atoms with van der Waals surface area (Å²) in [6.45, 7) is 7.64. The average molecular weight is 371 g/mol. The fourth-order valence-corrected chi connectivity index (χ4v) is 3.08. The summed E-state index contributed by atoms with van der Waals surface area (Å²) in [6, 6.07) is 6.38. The van der Waals surface area contributed by atoms with E-state index >= 15 is 0 Å². The molecule has 0 atom stereocenters. The van der Waals surface area contributed by atoms with Gasteiger partial charge in [0.15, 0.2) is 5.60 Å². The second kappa shape index (κ2) is 7.41. The Morgan fingerprint density at radius 1 is 1.16 bits per heavy atom. The highest BCUT2D eigenvalue weighted by atomic mass is 32.2. The quantitative estimate of drug-likeness (QED) is 0.440. The van der Waals surface area contributed by atoms with Crippen molar-refractivity contribution in [1.82, 2.24) is 5.32 Å². The van der Waals surface area contributed by atoms with E-state index in [0.29, 0.717) is 13.1 Å². The summed E-state index contributed by atoms with van der Waals surface area (Å²) in [7, 11) is -3.84. The first-order valence-electron chi connectivity index (χ1n) is 8.08. The molecule has 1 aliphatic rings. The number of hydrogen-bond donors (Lipinski definition) is 1. The van der Waals surface area contributed by atoms with Gasteiger partial charge in [-0.3, -0.25) is 4.18 Å². The molecule has 2 rings (SSSR count). The first-order valence-corrected chi connectivity index (χ1v) is 9.49. The minimum atomic E-state index is -3.84. The summed E-state index contributed by atoms with van der Waals surface area (Å²) < 4.78 is 40.1. The first kappa shape index (κ1) is 19.8. The zero-order valence-corrected chi connectivity index (χ0v) is 15.8. The lowest BCUT2D eigenvalue weighted by molar-refractivity contribution is -0.191. The Morgan fingerprint density at radius 3 is 2.24 bits per heavy atom. The first-order chi connectivity index (χ1) is 11.5. The Bertz CT molecular complexity index is 702. The molecular weight excluding hydrogens is 346 g/mol. The number of hydrogen-bond acceptors (Lipinski definition) is 7. The number of nitrogens with one attached hydrogen (secondary N) is 1. The van der Waals surface area contributed by atoms with Gasteiger partial charge in [0.05, 0.1) is 18.1 Å². The molecule has 140 valence electrons. The van der Waals surface area contributed by atoms with E-state index in [1.807, 2.05) is 6.92 Å². The number of rotatable bonds is 7. The van der Waals surface area contributed by atoms with Gasteiger partial charge in [0, 0.05) is 13.1 Å². The van der Waals surface area contributed by atoms with Crippen LogP contribution in [0.1, 0.15) is 26.3 Å². The van der Waals surface area contributed by atoms with Crippen LogP contribution in [0.15, 0.2) is 29.2 Å². The van der Waals surface area contributed by atoms with E-state index in [1.165, 1.54) is 12.1 Å². The predicted octanol–water partition coefficient (Wildman–Crippen LogP) is 1.40. The Morgan fingerprint density at radius 2 is 1.76 bits per heavy atom. The second-order valence-electron chi connectivity index (χ2n) is 7.04.